The van der Waals surface area contributed by atoms with Gasteiger partial charge in [-0.3, -0.25) is 9.78 Å². The lowest BCUT2D eigenvalue weighted by molar-refractivity contribution is -0.136. The SMILES string of the molecule is Cc1ccnc(Cc2ccc(OCCCNc3ccccn3)cc2)c1CCC(=O)O. The molecule has 0 fully saturated rings. The summed E-state index contributed by atoms with van der Waals surface area (Å²) in [6.45, 7) is 3.42. The van der Waals surface area contributed by atoms with Gasteiger partial charge in [-0.25, -0.2) is 4.98 Å². The Morgan fingerprint density at radius 1 is 1.07 bits per heavy atom. The number of rotatable bonds is 11. The molecule has 2 aromatic heterocycles. The average Bonchev–Trinajstić information content (AvgIpc) is 2.75. The highest BCUT2D eigenvalue weighted by atomic mass is 16.5. The van der Waals surface area contributed by atoms with Crippen LogP contribution in [0.25, 0.3) is 0 Å². The molecule has 6 nitrogen and oxygen atoms in total. The van der Waals surface area contributed by atoms with Crippen LogP contribution in [0.1, 0.15) is 35.2 Å². The van der Waals surface area contributed by atoms with Crippen molar-refractivity contribution in [3.8, 4) is 5.75 Å². The van der Waals surface area contributed by atoms with Crippen molar-refractivity contribution in [2.75, 3.05) is 18.5 Å². The molecule has 2 N–H and O–H groups in total. The summed E-state index contributed by atoms with van der Waals surface area (Å²) >= 11 is 0. The molecule has 3 aromatic rings. The van der Waals surface area contributed by atoms with Crippen LogP contribution in [0.15, 0.2) is 60.9 Å². The normalized spacial score (nSPS) is 10.6. The van der Waals surface area contributed by atoms with Gasteiger partial charge in [-0.2, -0.15) is 0 Å². The van der Waals surface area contributed by atoms with Crippen molar-refractivity contribution in [1.29, 1.82) is 0 Å². The Bertz CT molecular complexity index is 944. The molecule has 0 radical (unpaired) electrons. The molecule has 0 saturated carbocycles. The quantitative estimate of drug-likeness (QED) is 0.464. The molecule has 0 bridgehead atoms. The Kier molecular flexibility index (Phi) is 7.78. The van der Waals surface area contributed by atoms with E-state index < -0.39 is 5.97 Å². The number of carboxylic acid groups (broad SMARTS) is 1. The second-order valence-corrected chi connectivity index (χ2v) is 7.11. The molecular weight excluding hydrogens is 378 g/mol. The van der Waals surface area contributed by atoms with Gasteiger partial charge in [-0.15, -0.1) is 0 Å². The van der Waals surface area contributed by atoms with Gasteiger partial charge in [0.2, 0.25) is 0 Å². The topological polar surface area (TPSA) is 84.3 Å². The lowest BCUT2D eigenvalue weighted by Crippen LogP contribution is -2.08. The Hall–Kier alpha value is -3.41. The van der Waals surface area contributed by atoms with Crippen LogP contribution in [0.4, 0.5) is 5.82 Å². The fourth-order valence-corrected chi connectivity index (χ4v) is 3.21. The van der Waals surface area contributed by atoms with E-state index in [0.717, 1.165) is 46.9 Å². The summed E-state index contributed by atoms with van der Waals surface area (Å²) in [6, 6.07) is 15.7. The summed E-state index contributed by atoms with van der Waals surface area (Å²) in [7, 11) is 0. The lowest BCUT2D eigenvalue weighted by Gasteiger charge is -2.12. The molecule has 3 rings (SSSR count). The van der Waals surface area contributed by atoms with Gasteiger partial charge in [0.15, 0.2) is 0 Å². The number of aromatic nitrogens is 2. The van der Waals surface area contributed by atoms with Gasteiger partial charge in [-0.05, 0) is 66.8 Å². The van der Waals surface area contributed by atoms with E-state index in [2.05, 4.69) is 15.3 Å². The Labute approximate surface area is 177 Å². The molecule has 1 aromatic carbocycles. The van der Waals surface area contributed by atoms with Crippen molar-refractivity contribution in [2.24, 2.45) is 0 Å². The van der Waals surface area contributed by atoms with Gasteiger partial charge < -0.3 is 15.2 Å². The molecule has 0 spiro atoms. The number of ether oxygens (including phenoxy) is 1. The van der Waals surface area contributed by atoms with E-state index in [1.165, 1.54) is 0 Å². The highest BCUT2D eigenvalue weighted by molar-refractivity contribution is 5.67. The van der Waals surface area contributed by atoms with Crippen molar-refractivity contribution >= 4 is 11.8 Å². The Morgan fingerprint density at radius 3 is 2.63 bits per heavy atom. The molecule has 2 heterocycles. The average molecular weight is 405 g/mol. The number of nitrogens with zero attached hydrogens (tertiary/aromatic N) is 2. The van der Waals surface area contributed by atoms with Gasteiger partial charge in [0, 0.05) is 37.5 Å². The maximum Gasteiger partial charge on any atom is 0.303 e. The number of carboxylic acids is 1. The van der Waals surface area contributed by atoms with E-state index in [9.17, 15) is 4.79 Å². The molecule has 0 saturated heterocycles. The number of hydrogen-bond acceptors (Lipinski definition) is 5. The molecule has 156 valence electrons. The number of nitrogens with one attached hydrogen (secondary N) is 1. The standard InChI is InChI=1S/C24H27N3O3/c1-18-12-15-25-22(21(18)10-11-24(28)29)17-19-6-8-20(9-7-19)30-16-4-14-27-23-5-2-3-13-26-23/h2-3,5-9,12-13,15H,4,10-11,14,16-17H2,1H3,(H,26,27)(H,28,29). The minimum Gasteiger partial charge on any atom is -0.494 e. The van der Waals surface area contributed by atoms with E-state index >= 15 is 0 Å². The zero-order chi connectivity index (χ0) is 21.2. The van der Waals surface area contributed by atoms with E-state index in [-0.39, 0.29) is 6.42 Å². The van der Waals surface area contributed by atoms with E-state index in [1.54, 1.807) is 12.4 Å². The first-order valence-electron chi connectivity index (χ1n) is 10.1. The molecular formula is C24H27N3O3. The Balaban J connectivity index is 1.49. The van der Waals surface area contributed by atoms with Gasteiger partial charge in [0.05, 0.1) is 6.61 Å². The smallest absolute Gasteiger partial charge is 0.303 e. The second-order valence-electron chi connectivity index (χ2n) is 7.11. The van der Waals surface area contributed by atoms with Crippen molar-refractivity contribution in [3.05, 3.63) is 83.3 Å². The van der Waals surface area contributed by atoms with Crippen LogP contribution >= 0.6 is 0 Å². The lowest BCUT2D eigenvalue weighted by atomic mass is 9.98. The highest BCUT2D eigenvalue weighted by Gasteiger charge is 2.10. The first-order chi connectivity index (χ1) is 14.6. The molecule has 0 amide bonds. The monoisotopic (exact) mass is 405 g/mol. The summed E-state index contributed by atoms with van der Waals surface area (Å²) < 4.78 is 5.82. The number of anilines is 1. The van der Waals surface area contributed by atoms with Crippen LogP contribution < -0.4 is 10.1 Å². The molecule has 0 aliphatic rings. The zero-order valence-electron chi connectivity index (χ0n) is 17.2. The molecule has 0 unspecified atom stereocenters. The second kappa shape index (κ2) is 11.0. The fourth-order valence-electron chi connectivity index (χ4n) is 3.21. The maximum atomic E-state index is 10.9. The molecule has 30 heavy (non-hydrogen) atoms. The third-order valence-corrected chi connectivity index (χ3v) is 4.82. The number of pyridine rings is 2. The van der Waals surface area contributed by atoms with Crippen molar-refractivity contribution < 1.29 is 14.6 Å². The minimum absolute atomic E-state index is 0.113. The Morgan fingerprint density at radius 2 is 1.90 bits per heavy atom. The van der Waals surface area contributed by atoms with Crippen molar-refractivity contribution in [1.82, 2.24) is 9.97 Å². The van der Waals surface area contributed by atoms with Gasteiger partial charge in [0.25, 0.3) is 0 Å². The van der Waals surface area contributed by atoms with Crippen LogP contribution in [0, 0.1) is 6.92 Å². The minimum atomic E-state index is -0.791. The fraction of sp³-hybridized carbons (Fsp3) is 0.292. The summed E-state index contributed by atoms with van der Waals surface area (Å²) in [5, 5.41) is 12.3. The first-order valence-corrected chi connectivity index (χ1v) is 10.1. The summed E-state index contributed by atoms with van der Waals surface area (Å²) in [6.07, 6.45) is 5.70. The van der Waals surface area contributed by atoms with Crippen LogP contribution in [-0.4, -0.2) is 34.2 Å². The molecule has 6 heteroatoms. The summed E-state index contributed by atoms with van der Waals surface area (Å²) in [4.78, 5) is 19.7. The van der Waals surface area contributed by atoms with E-state index in [0.29, 0.717) is 19.4 Å². The number of hydrogen-bond donors (Lipinski definition) is 2. The first kappa shape index (κ1) is 21.3. The third kappa shape index (κ3) is 6.58. The summed E-state index contributed by atoms with van der Waals surface area (Å²) in [5.74, 6) is 0.912. The number of carbonyl (C=O) groups is 1. The van der Waals surface area contributed by atoms with Crippen LogP contribution in [0.2, 0.25) is 0 Å². The zero-order valence-corrected chi connectivity index (χ0v) is 17.2. The van der Waals surface area contributed by atoms with Gasteiger partial charge >= 0.3 is 5.97 Å². The van der Waals surface area contributed by atoms with Crippen molar-refractivity contribution in [2.45, 2.75) is 32.6 Å². The largest absolute Gasteiger partial charge is 0.494 e. The highest BCUT2D eigenvalue weighted by Crippen LogP contribution is 2.20. The predicted octanol–water partition coefficient (Wildman–Crippen LogP) is 4.27. The van der Waals surface area contributed by atoms with Gasteiger partial charge in [0.1, 0.15) is 11.6 Å². The van der Waals surface area contributed by atoms with Crippen LogP contribution in [-0.2, 0) is 17.6 Å². The maximum absolute atomic E-state index is 10.9. The number of aryl methyl sites for hydroxylation is 1. The van der Waals surface area contributed by atoms with Crippen LogP contribution in [0.3, 0.4) is 0 Å². The van der Waals surface area contributed by atoms with Gasteiger partial charge in [-0.1, -0.05) is 18.2 Å². The predicted molar refractivity (Wildman–Crippen MR) is 117 cm³/mol. The summed E-state index contributed by atoms with van der Waals surface area (Å²) in [5.41, 5.74) is 4.17. The van der Waals surface area contributed by atoms with E-state index in [4.69, 9.17) is 9.84 Å². The molecule has 0 aliphatic heterocycles. The molecule has 0 aliphatic carbocycles. The third-order valence-electron chi connectivity index (χ3n) is 4.82. The number of benzene rings is 1. The van der Waals surface area contributed by atoms with Crippen LogP contribution in [0.5, 0.6) is 5.75 Å². The number of aliphatic carboxylic acids is 1. The molecule has 0 atom stereocenters. The van der Waals surface area contributed by atoms with Crippen molar-refractivity contribution in [3.63, 3.8) is 0 Å². The van der Waals surface area contributed by atoms with E-state index in [1.807, 2.05) is 55.5 Å².